The van der Waals surface area contributed by atoms with Crippen molar-refractivity contribution >= 4 is 33.4 Å². The number of hydrogen-bond acceptors (Lipinski definition) is 5. The number of aliphatic hydroxyl groups excluding tert-OH is 1. The Morgan fingerprint density at radius 1 is 1.15 bits per heavy atom. The van der Waals surface area contributed by atoms with Crippen LogP contribution in [-0.4, -0.2) is 64.0 Å². The van der Waals surface area contributed by atoms with Crippen molar-refractivity contribution in [3.05, 3.63) is 29.3 Å². The van der Waals surface area contributed by atoms with Crippen molar-refractivity contribution in [3.8, 4) is 0 Å². The topological polar surface area (TPSA) is 73.7 Å². The lowest BCUT2D eigenvalue weighted by Crippen LogP contribution is -2.53. The van der Waals surface area contributed by atoms with E-state index in [4.69, 9.17) is 0 Å². The molecule has 0 radical (unpaired) electrons. The Hall–Kier alpha value is -1.99. The van der Waals surface area contributed by atoms with Gasteiger partial charge in [0.2, 0.25) is 5.91 Å². The van der Waals surface area contributed by atoms with E-state index in [0.29, 0.717) is 24.4 Å². The molecule has 0 unspecified atom stereocenters. The average molecular weight is 388 g/mol. The predicted molar refractivity (Wildman–Crippen MR) is 105 cm³/mol. The standard InChI is InChI=1S/C20H25N3O3S/c1-13-4-7-22(8-5-13)20(26)15-11-23(9-6-17(15)24)19(25)14-2-3-16-18(10-14)27-12-21-16/h2-3,10,12-13,15,17,24H,4-9,11H2,1H3/t15-,17+/m0/s1. The summed E-state index contributed by atoms with van der Waals surface area (Å²) in [6, 6.07) is 5.51. The number of amides is 2. The minimum Gasteiger partial charge on any atom is -0.392 e. The fraction of sp³-hybridized carbons (Fsp3) is 0.550. The highest BCUT2D eigenvalue weighted by Crippen LogP contribution is 2.26. The van der Waals surface area contributed by atoms with Crippen molar-refractivity contribution in [2.45, 2.75) is 32.3 Å². The van der Waals surface area contributed by atoms with Gasteiger partial charge < -0.3 is 14.9 Å². The summed E-state index contributed by atoms with van der Waals surface area (Å²) in [5, 5.41) is 10.4. The molecule has 2 aliphatic heterocycles. The molecule has 1 aromatic carbocycles. The molecule has 144 valence electrons. The van der Waals surface area contributed by atoms with Gasteiger partial charge in [0.25, 0.3) is 5.91 Å². The number of aliphatic hydroxyl groups is 1. The van der Waals surface area contributed by atoms with Gasteiger partial charge >= 0.3 is 0 Å². The van der Waals surface area contributed by atoms with Gasteiger partial charge in [-0.15, -0.1) is 11.3 Å². The molecule has 2 aliphatic rings. The first-order valence-electron chi connectivity index (χ1n) is 9.62. The molecule has 2 fully saturated rings. The van der Waals surface area contributed by atoms with E-state index in [2.05, 4.69) is 11.9 Å². The smallest absolute Gasteiger partial charge is 0.253 e. The summed E-state index contributed by atoms with van der Waals surface area (Å²) >= 11 is 1.51. The average Bonchev–Trinajstić information content (AvgIpc) is 3.15. The highest BCUT2D eigenvalue weighted by atomic mass is 32.1. The maximum atomic E-state index is 13.0. The van der Waals surface area contributed by atoms with Gasteiger partial charge in [0.15, 0.2) is 0 Å². The maximum Gasteiger partial charge on any atom is 0.253 e. The molecule has 2 aromatic rings. The van der Waals surface area contributed by atoms with Gasteiger partial charge in [-0.3, -0.25) is 9.59 Å². The van der Waals surface area contributed by atoms with Gasteiger partial charge in [0, 0.05) is 31.7 Å². The van der Waals surface area contributed by atoms with E-state index < -0.39 is 12.0 Å². The van der Waals surface area contributed by atoms with Crippen LogP contribution < -0.4 is 0 Å². The molecule has 0 spiro atoms. The number of nitrogens with zero attached hydrogens (tertiary/aromatic N) is 3. The van der Waals surface area contributed by atoms with E-state index in [9.17, 15) is 14.7 Å². The summed E-state index contributed by atoms with van der Waals surface area (Å²) in [5.74, 6) is 0.0281. The number of carbonyl (C=O) groups is 2. The molecule has 7 heteroatoms. The zero-order valence-corrected chi connectivity index (χ0v) is 16.3. The monoisotopic (exact) mass is 387 g/mol. The number of likely N-dealkylation sites (tertiary alicyclic amines) is 2. The molecule has 0 saturated carbocycles. The molecular weight excluding hydrogens is 362 g/mol. The minimum atomic E-state index is -0.676. The molecule has 2 atom stereocenters. The second-order valence-electron chi connectivity index (χ2n) is 7.76. The van der Waals surface area contributed by atoms with E-state index in [0.717, 1.165) is 36.1 Å². The van der Waals surface area contributed by atoms with Crippen LogP contribution in [0.5, 0.6) is 0 Å². The number of benzene rings is 1. The van der Waals surface area contributed by atoms with Crippen LogP contribution in [0.15, 0.2) is 23.7 Å². The third-order valence-electron chi connectivity index (χ3n) is 5.85. The first-order valence-corrected chi connectivity index (χ1v) is 10.5. The number of fused-ring (bicyclic) bond motifs is 1. The number of piperidine rings is 2. The number of carbonyl (C=O) groups excluding carboxylic acids is 2. The van der Waals surface area contributed by atoms with E-state index in [-0.39, 0.29) is 18.4 Å². The second-order valence-corrected chi connectivity index (χ2v) is 8.64. The SMILES string of the molecule is CC1CCN(C(=O)[C@H]2CN(C(=O)c3ccc4ncsc4c3)CC[C@H]2O)CC1. The van der Waals surface area contributed by atoms with E-state index in [1.54, 1.807) is 16.5 Å². The number of hydrogen-bond donors (Lipinski definition) is 1. The Labute approximate surface area is 162 Å². The molecule has 1 aromatic heterocycles. The molecule has 4 rings (SSSR count). The summed E-state index contributed by atoms with van der Waals surface area (Å²) in [6.45, 7) is 4.46. The van der Waals surface area contributed by atoms with Gasteiger partial charge in [-0.1, -0.05) is 6.92 Å². The molecule has 1 N–H and O–H groups in total. The lowest BCUT2D eigenvalue weighted by atomic mass is 9.91. The van der Waals surface area contributed by atoms with Gasteiger partial charge in [-0.25, -0.2) is 4.98 Å². The molecule has 27 heavy (non-hydrogen) atoms. The summed E-state index contributed by atoms with van der Waals surface area (Å²) < 4.78 is 0.980. The molecule has 0 bridgehead atoms. The summed E-state index contributed by atoms with van der Waals surface area (Å²) in [7, 11) is 0. The van der Waals surface area contributed by atoms with Crippen molar-refractivity contribution in [1.82, 2.24) is 14.8 Å². The van der Waals surface area contributed by atoms with E-state index >= 15 is 0 Å². The van der Waals surface area contributed by atoms with Crippen molar-refractivity contribution in [3.63, 3.8) is 0 Å². The number of aromatic nitrogens is 1. The lowest BCUT2D eigenvalue weighted by Gasteiger charge is -2.39. The molecule has 0 aliphatic carbocycles. The fourth-order valence-corrected chi connectivity index (χ4v) is 4.72. The van der Waals surface area contributed by atoms with Crippen LogP contribution in [0.3, 0.4) is 0 Å². The van der Waals surface area contributed by atoms with Crippen molar-refractivity contribution in [1.29, 1.82) is 0 Å². The molecule has 2 saturated heterocycles. The first kappa shape index (κ1) is 18.4. The Morgan fingerprint density at radius 3 is 2.67 bits per heavy atom. The fourth-order valence-electron chi connectivity index (χ4n) is 4.00. The predicted octanol–water partition coefficient (Wildman–Crippen LogP) is 2.38. The first-order chi connectivity index (χ1) is 13.0. The van der Waals surface area contributed by atoms with Crippen LogP contribution in [0, 0.1) is 11.8 Å². The third-order valence-corrected chi connectivity index (χ3v) is 6.65. The Kier molecular flexibility index (Phi) is 5.14. The van der Waals surface area contributed by atoms with Gasteiger partial charge in [-0.05, 0) is 43.4 Å². The highest BCUT2D eigenvalue weighted by Gasteiger charge is 2.38. The van der Waals surface area contributed by atoms with Crippen molar-refractivity contribution in [2.24, 2.45) is 11.8 Å². The van der Waals surface area contributed by atoms with Gasteiger partial charge in [0.1, 0.15) is 0 Å². The summed E-state index contributed by atoms with van der Waals surface area (Å²) in [5.41, 5.74) is 3.27. The molecule has 3 heterocycles. The maximum absolute atomic E-state index is 13.0. The van der Waals surface area contributed by atoms with Crippen LogP contribution in [0.1, 0.15) is 36.5 Å². The molecule has 6 nitrogen and oxygen atoms in total. The van der Waals surface area contributed by atoms with E-state index in [1.165, 1.54) is 11.3 Å². The van der Waals surface area contributed by atoms with Crippen molar-refractivity contribution in [2.75, 3.05) is 26.2 Å². The van der Waals surface area contributed by atoms with Crippen molar-refractivity contribution < 1.29 is 14.7 Å². The minimum absolute atomic E-state index is 0.00944. The zero-order chi connectivity index (χ0) is 19.0. The molecule has 2 amide bonds. The lowest BCUT2D eigenvalue weighted by molar-refractivity contribution is -0.143. The summed E-state index contributed by atoms with van der Waals surface area (Å²) in [4.78, 5) is 33.7. The van der Waals surface area contributed by atoms with Crippen LogP contribution in [0.2, 0.25) is 0 Å². The summed E-state index contributed by atoms with van der Waals surface area (Å²) in [6.07, 6.45) is 1.78. The Bertz CT molecular complexity index is 844. The highest BCUT2D eigenvalue weighted by molar-refractivity contribution is 7.16. The third kappa shape index (κ3) is 3.71. The van der Waals surface area contributed by atoms with Crippen LogP contribution >= 0.6 is 11.3 Å². The van der Waals surface area contributed by atoms with Gasteiger partial charge in [-0.2, -0.15) is 0 Å². The Morgan fingerprint density at radius 2 is 1.89 bits per heavy atom. The molecular formula is C20H25N3O3S. The normalized spacial score (nSPS) is 24.4. The van der Waals surface area contributed by atoms with E-state index in [1.807, 2.05) is 17.0 Å². The number of thiazole rings is 1. The number of rotatable bonds is 2. The van der Waals surface area contributed by atoms with Gasteiger partial charge in [0.05, 0.1) is 27.7 Å². The van der Waals surface area contributed by atoms with Crippen LogP contribution in [-0.2, 0) is 4.79 Å². The zero-order valence-electron chi connectivity index (χ0n) is 15.5. The van der Waals surface area contributed by atoms with Crippen LogP contribution in [0.25, 0.3) is 10.2 Å². The second kappa shape index (κ2) is 7.56. The Balaban J connectivity index is 1.47. The quantitative estimate of drug-likeness (QED) is 0.859. The van der Waals surface area contributed by atoms with Crippen LogP contribution in [0.4, 0.5) is 0 Å². The largest absolute Gasteiger partial charge is 0.392 e.